The van der Waals surface area contributed by atoms with Crippen molar-refractivity contribution in [3.63, 3.8) is 0 Å². The van der Waals surface area contributed by atoms with Crippen LogP contribution in [-0.2, 0) is 24.4 Å². The Kier molecular flexibility index (Phi) is 7.72. The van der Waals surface area contributed by atoms with Gasteiger partial charge in [0.2, 0.25) is 0 Å². The van der Waals surface area contributed by atoms with Crippen LogP contribution in [0.15, 0.2) is 97.1 Å². The Balaban J connectivity index is 1.41. The Bertz CT molecular complexity index is 1630. The Morgan fingerprint density at radius 1 is 0.850 bits per heavy atom. The number of halogens is 3. The largest absolute Gasteiger partial charge is 0.573 e. The van der Waals surface area contributed by atoms with E-state index < -0.39 is 12.3 Å². The van der Waals surface area contributed by atoms with Gasteiger partial charge in [-0.15, -0.1) is 13.2 Å². The fourth-order valence-electron chi connectivity index (χ4n) is 4.49. The molecule has 0 aliphatic rings. The molecule has 0 amide bonds. The lowest BCUT2D eigenvalue weighted by Crippen LogP contribution is -2.17. The predicted octanol–water partition coefficient (Wildman–Crippen LogP) is 7.25. The summed E-state index contributed by atoms with van der Waals surface area (Å²) in [6, 6.07) is 28.6. The third kappa shape index (κ3) is 6.61. The average molecular weight is 547 g/mol. The number of ether oxygens (including phenoxy) is 2. The lowest BCUT2D eigenvalue weighted by atomic mass is 10.1. The number of alkyl halides is 3. The van der Waals surface area contributed by atoms with Gasteiger partial charge in [0, 0.05) is 12.0 Å². The molecule has 0 radical (unpaired) electrons. The summed E-state index contributed by atoms with van der Waals surface area (Å²) in [6.45, 7) is 0.749. The molecule has 0 aliphatic carbocycles. The van der Waals surface area contributed by atoms with Crippen LogP contribution in [-0.4, -0.2) is 27.0 Å². The second-order valence-corrected chi connectivity index (χ2v) is 9.18. The van der Waals surface area contributed by atoms with Gasteiger partial charge >= 0.3 is 12.3 Å². The maximum Gasteiger partial charge on any atom is 0.573 e. The van der Waals surface area contributed by atoms with E-state index in [1.165, 1.54) is 12.1 Å². The Labute approximate surface area is 228 Å². The van der Waals surface area contributed by atoms with Crippen LogP contribution in [0.2, 0.25) is 0 Å². The summed E-state index contributed by atoms with van der Waals surface area (Å²) in [5, 5.41) is 8.96. The second-order valence-electron chi connectivity index (χ2n) is 9.18. The fourth-order valence-corrected chi connectivity index (χ4v) is 4.49. The molecule has 1 aromatic heterocycles. The van der Waals surface area contributed by atoms with E-state index in [2.05, 4.69) is 4.74 Å². The van der Waals surface area contributed by atoms with Gasteiger partial charge in [-0.25, -0.2) is 4.98 Å². The van der Waals surface area contributed by atoms with E-state index in [0.717, 1.165) is 27.7 Å². The van der Waals surface area contributed by atoms with Crippen LogP contribution in [0.1, 0.15) is 23.1 Å². The molecule has 0 aliphatic heterocycles. The number of hydrogen-bond acceptors (Lipinski definition) is 4. The van der Waals surface area contributed by atoms with Crippen LogP contribution >= 0.6 is 0 Å². The standard InChI is InChI=1S/C31H25F3N2O4/c32-31(33,34)40-25-15-13-22(14-16-25)30-35-27-10-3-4-11-28(27)36(30)19-23-7-1-2-8-24(23)20-39-26-9-5-6-21(18-26)12-17-29(37)38/h1-11,13-16,18H,12,17,19-20H2,(H,37,38). The molecule has 6 nitrogen and oxygen atoms in total. The van der Waals surface area contributed by atoms with Crippen molar-refractivity contribution in [2.24, 2.45) is 0 Å². The number of carboxylic acids is 1. The highest BCUT2D eigenvalue weighted by Gasteiger charge is 2.31. The third-order valence-electron chi connectivity index (χ3n) is 6.37. The Morgan fingerprint density at radius 3 is 2.33 bits per heavy atom. The number of carbonyl (C=O) groups is 1. The van der Waals surface area contributed by atoms with Gasteiger partial charge in [-0.05, 0) is 71.6 Å². The summed E-state index contributed by atoms with van der Waals surface area (Å²) in [5.74, 6) is 0.111. The van der Waals surface area contributed by atoms with E-state index in [9.17, 15) is 18.0 Å². The zero-order valence-corrected chi connectivity index (χ0v) is 21.3. The molecule has 1 N–H and O–H groups in total. The molecule has 9 heteroatoms. The summed E-state index contributed by atoms with van der Waals surface area (Å²) >= 11 is 0. The third-order valence-corrected chi connectivity index (χ3v) is 6.37. The Morgan fingerprint density at radius 2 is 1.57 bits per heavy atom. The van der Waals surface area contributed by atoms with Crippen molar-refractivity contribution in [3.05, 3.63) is 114 Å². The monoisotopic (exact) mass is 546 g/mol. The zero-order valence-electron chi connectivity index (χ0n) is 21.3. The highest BCUT2D eigenvalue weighted by atomic mass is 19.4. The van der Waals surface area contributed by atoms with Gasteiger partial charge in [0.25, 0.3) is 0 Å². The van der Waals surface area contributed by atoms with E-state index in [0.29, 0.717) is 36.7 Å². The lowest BCUT2D eigenvalue weighted by Gasteiger charge is -2.15. The normalized spacial score (nSPS) is 11.5. The molecule has 0 saturated carbocycles. The van der Waals surface area contributed by atoms with Gasteiger partial charge in [0.15, 0.2) is 0 Å². The number of rotatable bonds is 10. The van der Waals surface area contributed by atoms with Crippen molar-refractivity contribution in [1.82, 2.24) is 9.55 Å². The van der Waals surface area contributed by atoms with E-state index in [-0.39, 0.29) is 12.2 Å². The number of aliphatic carboxylic acids is 1. The number of benzene rings is 4. The molecule has 204 valence electrons. The van der Waals surface area contributed by atoms with Gasteiger partial charge in [-0.1, -0.05) is 48.5 Å². The molecule has 4 aromatic carbocycles. The molecule has 0 fully saturated rings. The maximum absolute atomic E-state index is 12.6. The van der Waals surface area contributed by atoms with E-state index in [1.807, 2.05) is 77.4 Å². The van der Waals surface area contributed by atoms with Crippen molar-refractivity contribution < 1.29 is 32.5 Å². The number of nitrogens with zero attached hydrogens (tertiary/aromatic N) is 2. The van der Waals surface area contributed by atoms with Gasteiger partial charge in [0.1, 0.15) is 23.9 Å². The zero-order chi connectivity index (χ0) is 28.1. The number of carboxylic acid groups (broad SMARTS) is 1. The van der Waals surface area contributed by atoms with Crippen molar-refractivity contribution in [1.29, 1.82) is 0 Å². The molecule has 0 saturated heterocycles. The maximum atomic E-state index is 12.6. The van der Waals surface area contributed by atoms with E-state index in [4.69, 9.17) is 14.8 Å². The molecule has 0 atom stereocenters. The number of para-hydroxylation sites is 2. The van der Waals surface area contributed by atoms with E-state index in [1.54, 1.807) is 12.1 Å². The van der Waals surface area contributed by atoms with Gasteiger partial charge in [-0.3, -0.25) is 4.79 Å². The van der Waals surface area contributed by atoms with Gasteiger partial charge in [0.05, 0.1) is 17.6 Å². The predicted molar refractivity (Wildman–Crippen MR) is 144 cm³/mol. The molecule has 1 heterocycles. The summed E-state index contributed by atoms with van der Waals surface area (Å²) < 4.78 is 50.0. The van der Waals surface area contributed by atoms with Crippen LogP contribution in [0, 0.1) is 0 Å². The van der Waals surface area contributed by atoms with Gasteiger partial charge in [-0.2, -0.15) is 0 Å². The summed E-state index contributed by atoms with van der Waals surface area (Å²) in [6.07, 6.45) is -4.30. The number of aromatic nitrogens is 2. The minimum Gasteiger partial charge on any atom is -0.489 e. The number of hydrogen-bond donors (Lipinski definition) is 1. The minimum absolute atomic E-state index is 0.0472. The molecular weight excluding hydrogens is 521 g/mol. The molecule has 0 bridgehead atoms. The number of imidazole rings is 1. The summed E-state index contributed by atoms with van der Waals surface area (Å²) in [7, 11) is 0. The highest BCUT2D eigenvalue weighted by Crippen LogP contribution is 2.30. The molecule has 5 aromatic rings. The molecule has 40 heavy (non-hydrogen) atoms. The lowest BCUT2D eigenvalue weighted by molar-refractivity contribution is -0.274. The van der Waals surface area contributed by atoms with Crippen molar-refractivity contribution in [2.45, 2.75) is 32.4 Å². The first kappa shape index (κ1) is 26.8. The van der Waals surface area contributed by atoms with Gasteiger partial charge < -0.3 is 19.1 Å². The molecular formula is C31H25F3N2O4. The van der Waals surface area contributed by atoms with Crippen molar-refractivity contribution in [2.75, 3.05) is 0 Å². The number of fused-ring (bicyclic) bond motifs is 1. The average Bonchev–Trinajstić information content (AvgIpc) is 3.29. The quantitative estimate of drug-likeness (QED) is 0.200. The Hall–Kier alpha value is -4.79. The van der Waals surface area contributed by atoms with Crippen molar-refractivity contribution in [3.8, 4) is 22.9 Å². The smallest absolute Gasteiger partial charge is 0.489 e. The van der Waals surface area contributed by atoms with Crippen LogP contribution in [0.4, 0.5) is 13.2 Å². The van der Waals surface area contributed by atoms with Crippen LogP contribution < -0.4 is 9.47 Å². The van der Waals surface area contributed by atoms with Crippen molar-refractivity contribution >= 4 is 17.0 Å². The summed E-state index contributed by atoms with van der Waals surface area (Å²) in [4.78, 5) is 15.7. The highest BCUT2D eigenvalue weighted by molar-refractivity contribution is 5.81. The molecule has 5 rings (SSSR count). The minimum atomic E-state index is -4.76. The second kappa shape index (κ2) is 11.5. The fraction of sp³-hybridized carbons (Fsp3) is 0.161. The molecule has 0 unspecified atom stereocenters. The first-order valence-electron chi connectivity index (χ1n) is 12.6. The summed E-state index contributed by atoms with van der Waals surface area (Å²) in [5.41, 5.74) is 5.13. The van der Waals surface area contributed by atoms with Crippen LogP contribution in [0.5, 0.6) is 11.5 Å². The topological polar surface area (TPSA) is 73.6 Å². The first-order valence-corrected chi connectivity index (χ1v) is 12.6. The van der Waals surface area contributed by atoms with Crippen LogP contribution in [0.3, 0.4) is 0 Å². The van der Waals surface area contributed by atoms with E-state index >= 15 is 0 Å². The molecule has 0 spiro atoms. The number of aryl methyl sites for hydroxylation is 1. The SMILES string of the molecule is O=C(O)CCc1cccc(OCc2ccccc2Cn2c(-c3ccc(OC(F)(F)F)cc3)nc3ccccc32)c1. The first-order chi connectivity index (χ1) is 19.2. The van der Waals surface area contributed by atoms with Crippen LogP contribution in [0.25, 0.3) is 22.4 Å².